The fraction of sp³-hybridized carbons (Fsp3) is 0.433. The van der Waals surface area contributed by atoms with Gasteiger partial charge in [-0.3, -0.25) is 0 Å². The highest BCUT2D eigenvalue weighted by molar-refractivity contribution is 6.74. The van der Waals surface area contributed by atoms with Gasteiger partial charge in [-0.1, -0.05) is 64.4 Å². The van der Waals surface area contributed by atoms with Crippen LogP contribution in [-0.4, -0.2) is 20.9 Å². The van der Waals surface area contributed by atoms with E-state index >= 15 is 0 Å². The van der Waals surface area contributed by atoms with Gasteiger partial charge < -0.3 is 9.16 Å². The van der Waals surface area contributed by atoms with Crippen LogP contribution in [0.25, 0.3) is 21.9 Å². The van der Waals surface area contributed by atoms with Gasteiger partial charge >= 0.3 is 5.97 Å². The van der Waals surface area contributed by atoms with Gasteiger partial charge in [-0.05, 0) is 90.7 Å². The average Bonchev–Trinajstić information content (AvgIpc) is 2.77. The molecule has 0 radical (unpaired) electrons. The molecule has 0 aliphatic carbocycles. The molecule has 0 spiro atoms. The number of fused-ring (bicyclic) bond motifs is 1. The molecular formula is C30H40O3Si. The lowest BCUT2D eigenvalue weighted by molar-refractivity contribution is 0.0526. The molecule has 3 rings (SSSR count). The third-order valence-electron chi connectivity index (χ3n) is 6.99. The van der Waals surface area contributed by atoms with Crippen LogP contribution < -0.4 is 4.43 Å². The van der Waals surface area contributed by atoms with Crippen molar-refractivity contribution < 1.29 is 14.0 Å². The number of hydrogen-bond acceptors (Lipinski definition) is 3. The van der Waals surface area contributed by atoms with Crippen LogP contribution in [0.5, 0.6) is 5.75 Å². The standard InChI is InChI=1S/C30H40O3Si/c1-9-11-12-22-17-18-27(33-34(7,8)30(4,5)6)28-25(22)19-21(3)20-26(28)23-13-15-24(16-14-23)29(31)32-10-2/h13-20H,9-12H2,1-8H3. The molecule has 0 aromatic heterocycles. The summed E-state index contributed by atoms with van der Waals surface area (Å²) in [4.78, 5) is 12.2. The number of benzene rings is 3. The maximum Gasteiger partial charge on any atom is 0.338 e. The first-order valence-electron chi connectivity index (χ1n) is 12.5. The molecule has 3 aromatic carbocycles. The first-order valence-corrected chi connectivity index (χ1v) is 15.4. The van der Waals surface area contributed by atoms with Gasteiger partial charge in [0.25, 0.3) is 8.32 Å². The van der Waals surface area contributed by atoms with Crippen LogP contribution in [0.2, 0.25) is 18.1 Å². The van der Waals surface area contributed by atoms with Gasteiger partial charge in [0.05, 0.1) is 12.2 Å². The molecule has 0 saturated heterocycles. The lowest BCUT2D eigenvalue weighted by Gasteiger charge is -2.37. The van der Waals surface area contributed by atoms with E-state index in [1.54, 1.807) is 0 Å². The topological polar surface area (TPSA) is 35.5 Å². The number of esters is 1. The normalized spacial score (nSPS) is 12.1. The third-order valence-corrected chi connectivity index (χ3v) is 11.3. The summed E-state index contributed by atoms with van der Waals surface area (Å²) in [5.41, 5.74) is 5.39. The number of ether oxygens (including phenoxy) is 1. The maximum absolute atomic E-state index is 12.2. The molecule has 0 unspecified atom stereocenters. The van der Waals surface area contributed by atoms with Crippen molar-refractivity contribution in [3.8, 4) is 16.9 Å². The van der Waals surface area contributed by atoms with Crippen molar-refractivity contribution in [2.24, 2.45) is 0 Å². The SMILES string of the molecule is CCCCc1ccc(O[Si](C)(C)C(C)(C)C)c2c(-c3ccc(C(=O)OCC)cc3)cc(C)cc12. The second-order valence-electron chi connectivity index (χ2n) is 10.7. The lowest BCUT2D eigenvalue weighted by Crippen LogP contribution is -2.43. The van der Waals surface area contributed by atoms with Crippen molar-refractivity contribution in [1.29, 1.82) is 0 Å². The number of hydrogen-bond donors (Lipinski definition) is 0. The largest absolute Gasteiger partial charge is 0.543 e. The van der Waals surface area contributed by atoms with E-state index in [-0.39, 0.29) is 11.0 Å². The van der Waals surface area contributed by atoms with E-state index < -0.39 is 8.32 Å². The molecule has 0 amide bonds. The van der Waals surface area contributed by atoms with Crippen molar-refractivity contribution >= 4 is 25.1 Å². The summed E-state index contributed by atoms with van der Waals surface area (Å²) in [6.07, 6.45) is 3.38. The number of rotatable bonds is 8. The smallest absolute Gasteiger partial charge is 0.338 e. The summed E-state index contributed by atoms with van der Waals surface area (Å²) >= 11 is 0. The average molecular weight is 477 g/mol. The van der Waals surface area contributed by atoms with Gasteiger partial charge in [0.15, 0.2) is 0 Å². The fourth-order valence-corrected chi connectivity index (χ4v) is 5.01. The van der Waals surface area contributed by atoms with Crippen LogP contribution in [-0.2, 0) is 11.2 Å². The Kier molecular flexibility index (Phi) is 7.92. The van der Waals surface area contributed by atoms with Crippen molar-refractivity contribution in [1.82, 2.24) is 0 Å². The molecule has 0 atom stereocenters. The number of carbonyl (C=O) groups excluding carboxylic acids is 1. The van der Waals surface area contributed by atoms with Gasteiger partial charge in [-0.25, -0.2) is 4.79 Å². The minimum atomic E-state index is -2.04. The van der Waals surface area contributed by atoms with Crippen LogP contribution >= 0.6 is 0 Å². The van der Waals surface area contributed by atoms with E-state index in [0.717, 1.165) is 36.1 Å². The molecule has 0 heterocycles. The molecule has 3 aromatic rings. The van der Waals surface area contributed by atoms with E-state index in [0.29, 0.717) is 12.2 Å². The van der Waals surface area contributed by atoms with Gasteiger partial charge in [0.1, 0.15) is 5.75 Å². The highest BCUT2D eigenvalue weighted by atomic mass is 28.4. The minimum absolute atomic E-state index is 0.104. The first-order chi connectivity index (χ1) is 16.0. The molecule has 0 fully saturated rings. The molecule has 182 valence electrons. The summed E-state index contributed by atoms with van der Waals surface area (Å²) < 4.78 is 12.1. The summed E-state index contributed by atoms with van der Waals surface area (Å²) in [5, 5.41) is 2.55. The Hall–Kier alpha value is -2.59. The molecule has 0 N–H and O–H groups in total. The zero-order valence-corrected chi connectivity index (χ0v) is 23.2. The highest BCUT2D eigenvalue weighted by Crippen LogP contribution is 2.43. The molecule has 3 nitrogen and oxygen atoms in total. The molecule has 4 heteroatoms. The Balaban J connectivity index is 2.23. The van der Waals surface area contributed by atoms with Crippen molar-refractivity contribution in [2.45, 2.75) is 78.9 Å². The Labute approximate surface area is 206 Å². The van der Waals surface area contributed by atoms with Crippen molar-refractivity contribution in [2.75, 3.05) is 6.61 Å². The fourth-order valence-electron chi connectivity index (χ4n) is 3.98. The van der Waals surface area contributed by atoms with E-state index in [4.69, 9.17) is 9.16 Å². The zero-order chi connectivity index (χ0) is 25.1. The van der Waals surface area contributed by atoms with Crippen LogP contribution in [0.4, 0.5) is 0 Å². The Morgan fingerprint density at radius 2 is 1.65 bits per heavy atom. The molecule has 0 aliphatic rings. The van der Waals surface area contributed by atoms with Crippen LogP contribution in [0.1, 0.15) is 68.9 Å². The second-order valence-corrected chi connectivity index (χ2v) is 15.4. The van der Waals surface area contributed by atoms with Crippen molar-refractivity contribution in [3.05, 3.63) is 65.2 Å². The van der Waals surface area contributed by atoms with Gasteiger partial charge in [0.2, 0.25) is 0 Å². The summed E-state index contributed by atoms with van der Waals surface area (Å²) in [7, 11) is -2.04. The van der Waals surface area contributed by atoms with Crippen molar-refractivity contribution in [3.63, 3.8) is 0 Å². The van der Waals surface area contributed by atoms with E-state index in [2.05, 4.69) is 72.0 Å². The Bertz CT molecular complexity index is 1150. The molecule has 0 bridgehead atoms. The van der Waals surface area contributed by atoms with Crippen LogP contribution in [0.15, 0.2) is 48.5 Å². The van der Waals surface area contributed by atoms with Crippen LogP contribution in [0, 0.1) is 6.92 Å². The third kappa shape index (κ3) is 5.55. The van der Waals surface area contributed by atoms with Gasteiger partial charge in [-0.15, -0.1) is 0 Å². The van der Waals surface area contributed by atoms with Gasteiger partial charge in [0, 0.05) is 5.39 Å². The minimum Gasteiger partial charge on any atom is -0.543 e. The lowest BCUT2D eigenvalue weighted by atomic mass is 9.91. The van der Waals surface area contributed by atoms with E-state index in [1.807, 2.05) is 31.2 Å². The Morgan fingerprint density at radius 3 is 2.24 bits per heavy atom. The first kappa shape index (κ1) is 26.0. The number of carbonyl (C=O) groups is 1. The maximum atomic E-state index is 12.2. The predicted octanol–water partition coefficient (Wildman–Crippen LogP) is 8.72. The molecule has 34 heavy (non-hydrogen) atoms. The second kappa shape index (κ2) is 10.3. The summed E-state index contributed by atoms with van der Waals surface area (Å²) in [6, 6.07) is 16.7. The molecule has 0 aliphatic heterocycles. The van der Waals surface area contributed by atoms with E-state index in [9.17, 15) is 4.79 Å². The molecular weight excluding hydrogens is 436 g/mol. The van der Waals surface area contributed by atoms with Gasteiger partial charge in [-0.2, -0.15) is 0 Å². The monoisotopic (exact) mass is 476 g/mol. The summed E-state index contributed by atoms with van der Waals surface area (Å²) in [5.74, 6) is 0.679. The zero-order valence-electron chi connectivity index (χ0n) is 22.2. The number of unbranched alkanes of at least 4 members (excludes halogenated alkanes) is 1. The predicted molar refractivity (Wildman–Crippen MR) is 147 cm³/mol. The quantitative estimate of drug-likeness (QED) is 0.241. The highest BCUT2D eigenvalue weighted by Gasteiger charge is 2.39. The Morgan fingerprint density at radius 1 is 0.971 bits per heavy atom. The number of aryl methyl sites for hydroxylation is 2. The molecule has 0 saturated carbocycles. The van der Waals surface area contributed by atoms with E-state index in [1.165, 1.54) is 21.9 Å². The van der Waals surface area contributed by atoms with Crippen LogP contribution in [0.3, 0.4) is 0 Å². The summed E-state index contributed by atoms with van der Waals surface area (Å²) in [6.45, 7) is 18.0.